The predicted octanol–water partition coefficient (Wildman–Crippen LogP) is 0.290. The van der Waals surface area contributed by atoms with Gasteiger partial charge in [-0.2, -0.15) is 11.1 Å². The van der Waals surface area contributed by atoms with Crippen LogP contribution in [0.4, 0.5) is 0 Å². The minimum Gasteiger partial charge on any atom is -0.466 e. The molecule has 0 rings (SSSR count). The average molecular weight is 153 g/mol. The molecule has 0 atom stereocenters. The first-order chi connectivity index (χ1) is 3.77. The summed E-state index contributed by atoms with van der Waals surface area (Å²) in [4.78, 5) is 10.1. The number of esters is 1. The van der Waals surface area contributed by atoms with Crippen LogP contribution in [-0.2, 0) is 9.53 Å². The molecule has 0 N–H and O–H groups in total. The van der Waals surface area contributed by atoms with Crippen LogP contribution in [0.5, 0.6) is 0 Å². The zero-order valence-corrected chi connectivity index (χ0v) is 6.99. The van der Waals surface area contributed by atoms with Crippen molar-refractivity contribution in [2.75, 3.05) is 6.61 Å². The molecule has 48 valence electrons. The van der Waals surface area contributed by atoms with E-state index in [0.717, 1.165) is 6.04 Å². The Morgan fingerprint density at radius 2 is 2.50 bits per heavy atom. The number of halogens is 1. The number of rotatable bonds is 3. The molecule has 8 heavy (non-hydrogen) atoms. The van der Waals surface area contributed by atoms with Crippen molar-refractivity contribution in [2.24, 2.45) is 0 Å². The van der Waals surface area contributed by atoms with E-state index in [0.29, 0.717) is 6.61 Å². The van der Waals surface area contributed by atoms with Gasteiger partial charge in [0.25, 0.3) is 0 Å². The fourth-order valence-electron chi connectivity index (χ4n) is 0.270. The third kappa shape index (κ3) is 5.98. The van der Waals surface area contributed by atoms with Crippen molar-refractivity contribution in [2.45, 2.75) is 13.0 Å². The molecule has 0 aliphatic carbocycles. The first-order valence-corrected chi connectivity index (χ1v) is 5.60. The highest BCUT2D eigenvalue weighted by Gasteiger charge is 1.89. The van der Waals surface area contributed by atoms with Gasteiger partial charge in [0, 0.05) is 6.92 Å². The third-order valence-electron chi connectivity index (χ3n) is 0.583. The molecule has 0 unspecified atom stereocenters. The number of hydrogen-bond donors (Lipinski definition) is 0. The molecule has 0 aliphatic heterocycles. The lowest BCUT2D eigenvalue weighted by atomic mass is 10.8. The Morgan fingerprint density at radius 3 is 2.88 bits per heavy atom. The second-order valence-electron chi connectivity index (χ2n) is 1.38. The van der Waals surface area contributed by atoms with Gasteiger partial charge >= 0.3 is 5.97 Å². The Bertz CT molecular complexity index is 76.4. The quantitative estimate of drug-likeness (QED) is 0.252. The van der Waals surface area contributed by atoms with Crippen LogP contribution in [0, 0.1) is 0 Å². The highest BCUT2D eigenvalue weighted by atomic mass is 35.6. The number of hydrogen-bond acceptors (Lipinski definition) is 2. The molecule has 0 aromatic heterocycles. The van der Waals surface area contributed by atoms with E-state index in [4.69, 9.17) is 11.1 Å². The minimum absolute atomic E-state index is 0.218. The lowest BCUT2D eigenvalue weighted by Crippen LogP contribution is -2.00. The lowest BCUT2D eigenvalue weighted by molar-refractivity contribution is -0.140. The highest BCUT2D eigenvalue weighted by molar-refractivity contribution is 6.93. The molecule has 2 nitrogen and oxygen atoms in total. The minimum atomic E-state index is -0.434. The van der Waals surface area contributed by atoms with Gasteiger partial charge < -0.3 is 4.74 Å². The molecule has 0 heterocycles. The summed E-state index contributed by atoms with van der Waals surface area (Å²) in [6.07, 6.45) is 0. The molecular formula is C4H9ClO2Si. The van der Waals surface area contributed by atoms with Crippen molar-refractivity contribution in [3.05, 3.63) is 0 Å². The maximum absolute atomic E-state index is 10.1. The summed E-state index contributed by atoms with van der Waals surface area (Å²) in [5.74, 6) is -0.218. The van der Waals surface area contributed by atoms with E-state index in [1.807, 2.05) is 0 Å². The maximum Gasteiger partial charge on any atom is 0.302 e. The van der Waals surface area contributed by atoms with Gasteiger partial charge in [-0.05, 0) is 6.04 Å². The summed E-state index contributed by atoms with van der Waals surface area (Å²) < 4.78 is 4.59. The molecule has 0 fully saturated rings. The summed E-state index contributed by atoms with van der Waals surface area (Å²) in [5, 5.41) is 0. The molecule has 0 radical (unpaired) electrons. The van der Waals surface area contributed by atoms with E-state index in [-0.39, 0.29) is 5.97 Å². The second-order valence-corrected chi connectivity index (χ2v) is 3.60. The van der Waals surface area contributed by atoms with Crippen molar-refractivity contribution in [3.63, 3.8) is 0 Å². The molecule has 0 bridgehead atoms. The Morgan fingerprint density at radius 1 is 1.88 bits per heavy atom. The Hall–Kier alpha value is -0.0231. The molecule has 0 aliphatic rings. The molecule has 0 amide bonds. The standard InChI is InChI=1S/C4H9ClO2Si/c1-4(6)7-2-3-8-5/h2-3,8H2,1H3. The van der Waals surface area contributed by atoms with E-state index in [1.54, 1.807) is 0 Å². The van der Waals surface area contributed by atoms with Crippen LogP contribution in [0.3, 0.4) is 0 Å². The first-order valence-electron chi connectivity index (χ1n) is 2.46. The van der Waals surface area contributed by atoms with Gasteiger partial charge in [-0.15, -0.1) is 0 Å². The average Bonchev–Trinajstić information content (AvgIpc) is 1.66. The fraction of sp³-hybridized carbons (Fsp3) is 0.750. The number of ether oxygens (including phenoxy) is 1. The molecule has 0 saturated heterocycles. The van der Waals surface area contributed by atoms with Gasteiger partial charge in [0.1, 0.15) is 8.83 Å². The maximum atomic E-state index is 10.1. The van der Waals surface area contributed by atoms with Gasteiger partial charge in [-0.3, -0.25) is 4.79 Å². The summed E-state index contributed by atoms with van der Waals surface area (Å²) in [6.45, 7) is 1.90. The fourth-order valence-corrected chi connectivity index (χ4v) is 0.851. The number of carbonyl (C=O) groups excluding carboxylic acids is 1. The van der Waals surface area contributed by atoms with Crippen LogP contribution in [0.15, 0.2) is 0 Å². The SMILES string of the molecule is CC(=O)OCC[SiH2]Cl. The second kappa shape index (κ2) is 5.12. The monoisotopic (exact) mass is 152 g/mol. The molecule has 0 aromatic rings. The van der Waals surface area contributed by atoms with Crippen LogP contribution < -0.4 is 0 Å². The van der Waals surface area contributed by atoms with Crippen LogP contribution in [-0.4, -0.2) is 21.4 Å². The van der Waals surface area contributed by atoms with E-state index in [1.165, 1.54) is 6.92 Å². The summed E-state index contributed by atoms with van der Waals surface area (Å²) in [5.41, 5.74) is 0. The van der Waals surface area contributed by atoms with Crippen molar-refractivity contribution in [1.82, 2.24) is 0 Å². The van der Waals surface area contributed by atoms with E-state index < -0.39 is 8.83 Å². The van der Waals surface area contributed by atoms with Crippen molar-refractivity contribution in [1.29, 1.82) is 0 Å². The lowest BCUT2D eigenvalue weighted by Gasteiger charge is -1.95. The molecule has 0 saturated carbocycles. The van der Waals surface area contributed by atoms with Crippen LogP contribution in [0.1, 0.15) is 6.92 Å². The van der Waals surface area contributed by atoms with Gasteiger partial charge in [0.15, 0.2) is 0 Å². The van der Waals surface area contributed by atoms with Crippen molar-refractivity contribution in [3.8, 4) is 0 Å². The number of carbonyl (C=O) groups is 1. The largest absolute Gasteiger partial charge is 0.466 e. The Kier molecular flexibility index (Phi) is 5.11. The zero-order chi connectivity index (χ0) is 6.41. The summed E-state index contributed by atoms with van der Waals surface area (Å²) >= 11 is 5.43. The Labute approximate surface area is 55.7 Å². The molecular weight excluding hydrogens is 144 g/mol. The van der Waals surface area contributed by atoms with Crippen molar-refractivity contribution >= 4 is 25.9 Å². The van der Waals surface area contributed by atoms with E-state index >= 15 is 0 Å². The van der Waals surface area contributed by atoms with Gasteiger partial charge in [0.05, 0.1) is 6.61 Å². The molecule has 0 aromatic carbocycles. The first kappa shape index (κ1) is 7.98. The summed E-state index contributed by atoms with van der Waals surface area (Å²) in [7, 11) is -0.434. The van der Waals surface area contributed by atoms with Crippen molar-refractivity contribution < 1.29 is 9.53 Å². The van der Waals surface area contributed by atoms with Gasteiger partial charge in [0.2, 0.25) is 0 Å². The predicted molar refractivity (Wildman–Crippen MR) is 35.8 cm³/mol. The topological polar surface area (TPSA) is 26.3 Å². The smallest absolute Gasteiger partial charge is 0.302 e. The van der Waals surface area contributed by atoms with Crippen LogP contribution in [0.25, 0.3) is 0 Å². The van der Waals surface area contributed by atoms with E-state index in [2.05, 4.69) is 4.74 Å². The van der Waals surface area contributed by atoms with E-state index in [9.17, 15) is 4.79 Å². The third-order valence-corrected chi connectivity index (χ3v) is 1.94. The summed E-state index contributed by atoms with van der Waals surface area (Å²) in [6, 6.07) is 0.876. The van der Waals surface area contributed by atoms with Crippen LogP contribution >= 0.6 is 11.1 Å². The normalized spacial score (nSPS) is 10.2. The van der Waals surface area contributed by atoms with Gasteiger partial charge in [-0.25, -0.2) is 0 Å². The van der Waals surface area contributed by atoms with Gasteiger partial charge in [-0.1, -0.05) is 0 Å². The molecule has 4 heteroatoms. The highest BCUT2D eigenvalue weighted by Crippen LogP contribution is 1.84. The van der Waals surface area contributed by atoms with Crippen LogP contribution in [0.2, 0.25) is 6.04 Å². The molecule has 0 spiro atoms. The Balaban J connectivity index is 2.82. The zero-order valence-electron chi connectivity index (χ0n) is 4.82.